The van der Waals surface area contributed by atoms with Crippen LogP contribution >= 0.6 is 11.3 Å². The fraction of sp³-hybridized carbons (Fsp3) is 0.333. The number of rotatable bonds is 1. The molecule has 0 aliphatic rings. The summed E-state index contributed by atoms with van der Waals surface area (Å²) in [6, 6.07) is 0. The smallest absolute Gasteiger partial charge is 0.280 e. The van der Waals surface area contributed by atoms with Crippen molar-refractivity contribution in [1.29, 1.82) is 0 Å². The fourth-order valence-corrected chi connectivity index (χ4v) is 1.28. The van der Waals surface area contributed by atoms with Crippen LogP contribution in [0.2, 0.25) is 0 Å². The number of carbonyl (C=O) groups excluding carboxylic acids is 1. The summed E-state index contributed by atoms with van der Waals surface area (Å²) in [6.07, 6.45) is 1.69. The van der Waals surface area contributed by atoms with Gasteiger partial charge in [0.1, 0.15) is 0 Å². The van der Waals surface area contributed by atoms with Gasteiger partial charge in [0.15, 0.2) is 5.01 Å². The normalized spacial score (nSPS) is 9.40. The number of carbonyl (C=O) groups is 1. The van der Waals surface area contributed by atoms with Gasteiger partial charge in [-0.25, -0.2) is 4.98 Å². The highest BCUT2D eigenvalue weighted by Gasteiger charge is 2.05. The van der Waals surface area contributed by atoms with Crippen molar-refractivity contribution in [3.8, 4) is 0 Å². The molecule has 0 unspecified atom stereocenters. The summed E-state index contributed by atoms with van der Waals surface area (Å²) < 4.78 is 0. The Labute approximate surface area is 64.6 Å². The minimum absolute atomic E-state index is 0. The Kier molecular flexibility index (Phi) is 2.01. The molecule has 0 aromatic carbocycles. The van der Waals surface area contributed by atoms with Gasteiger partial charge < -0.3 is 5.32 Å². The predicted molar refractivity (Wildman–Crippen MR) is 42.4 cm³/mol. The van der Waals surface area contributed by atoms with E-state index in [1.807, 2.05) is 6.92 Å². The Morgan fingerprint density at radius 3 is 3.00 bits per heavy atom. The first-order chi connectivity index (χ1) is 4.74. The summed E-state index contributed by atoms with van der Waals surface area (Å²) in [5.74, 6) is -0.113. The van der Waals surface area contributed by atoms with E-state index in [1.165, 1.54) is 11.3 Å². The zero-order valence-corrected chi connectivity index (χ0v) is 6.66. The first kappa shape index (κ1) is 7.21. The van der Waals surface area contributed by atoms with Crippen molar-refractivity contribution in [3.05, 3.63) is 16.1 Å². The number of nitrogens with zero attached hydrogens (tertiary/aromatic N) is 1. The van der Waals surface area contributed by atoms with E-state index in [1.54, 1.807) is 13.2 Å². The molecule has 0 aliphatic carbocycles. The molecule has 0 saturated carbocycles. The first-order valence-electron chi connectivity index (χ1n) is 2.88. The minimum atomic E-state index is -0.113. The average molecular weight is 158 g/mol. The standard InChI is InChI=1S/C6H8N2OS.H2/c1-4-3-8-6(10-4)5(9)7-2;/h3H,1-2H3,(H,7,9);1H. The molecule has 0 bridgehead atoms. The number of amides is 1. The van der Waals surface area contributed by atoms with E-state index in [0.29, 0.717) is 5.01 Å². The lowest BCUT2D eigenvalue weighted by molar-refractivity contribution is 0.0962. The molecule has 0 atom stereocenters. The molecule has 10 heavy (non-hydrogen) atoms. The van der Waals surface area contributed by atoms with Crippen LogP contribution in [0.4, 0.5) is 0 Å². The molecule has 1 aromatic heterocycles. The van der Waals surface area contributed by atoms with E-state index in [-0.39, 0.29) is 7.33 Å². The third-order valence-electron chi connectivity index (χ3n) is 1.04. The molecule has 1 aromatic rings. The molecule has 1 N–H and O–H groups in total. The van der Waals surface area contributed by atoms with Gasteiger partial charge in [0.2, 0.25) is 0 Å². The zero-order valence-electron chi connectivity index (χ0n) is 5.84. The van der Waals surface area contributed by atoms with Gasteiger partial charge in [-0.2, -0.15) is 0 Å². The van der Waals surface area contributed by atoms with Gasteiger partial charge in [-0.15, -0.1) is 11.3 Å². The molecule has 0 saturated heterocycles. The Morgan fingerprint density at radius 2 is 2.60 bits per heavy atom. The van der Waals surface area contributed by atoms with Crippen LogP contribution in [0.3, 0.4) is 0 Å². The maximum Gasteiger partial charge on any atom is 0.280 e. The van der Waals surface area contributed by atoms with Crippen LogP contribution in [0.15, 0.2) is 6.20 Å². The lowest BCUT2D eigenvalue weighted by Crippen LogP contribution is -2.17. The maximum atomic E-state index is 10.9. The highest BCUT2D eigenvalue weighted by atomic mass is 32.1. The average Bonchev–Trinajstić information content (AvgIpc) is 2.34. The second kappa shape index (κ2) is 2.79. The topological polar surface area (TPSA) is 42.0 Å². The molecule has 1 rings (SSSR count). The Balaban J connectivity index is 0.000001000. The zero-order chi connectivity index (χ0) is 7.56. The van der Waals surface area contributed by atoms with Crippen molar-refractivity contribution in [3.63, 3.8) is 0 Å². The number of hydrogen-bond acceptors (Lipinski definition) is 3. The van der Waals surface area contributed by atoms with Crippen LogP contribution in [0, 0.1) is 6.92 Å². The van der Waals surface area contributed by atoms with Crippen molar-refractivity contribution in [2.24, 2.45) is 0 Å². The fourth-order valence-electron chi connectivity index (χ4n) is 0.567. The van der Waals surface area contributed by atoms with Crippen molar-refractivity contribution in [1.82, 2.24) is 10.3 Å². The molecule has 1 heterocycles. The van der Waals surface area contributed by atoms with Crippen molar-refractivity contribution in [2.45, 2.75) is 6.92 Å². The number of aromatic nitrogens is 1. The third-order valence-corrected chi connectivity index (χ3v) is 1.95. The van der Waals surface area contributed by atoms with Crippen LogP contribution in [0.25, 0.3) is 0 Å². The molecular formula is C6H10N2OS. The van der Waals surface area contributed by atoms with Crippen LogP contribution in [0.5, 0.6) is 0 Å². The number of thiazole rings is 1. The van der Waals surface area contributed by atoms with E-state index in [0.717, 1.165) is 4.88 Å². The highest BCUT2D eigenvalue weighted by Crippen LogP contribution is 2.09. The Hall–Kier alpha value is -0.900. The second-order valence-corrected chi connectivity index (χ2v) is 3.09. The number of hydrogen-bond donors (Lipinski definition) is 1. The van der Waals surface area contributed by atoms with Gasteiger partial charge >= 0.3 is 0 Å². The lowest BCUT2D eigenvalue weighted by atomic mass is 10.6. The largest absolute Gasteiger partial charge is 0.353 e. The maximum absolute atomic E-state index is 10.9. The number of nitrogens with one attached hydrogen (secondary N) is 1. The van der Waals surface area contributed by atoms with Gasteiger partial charge in [0.25, 0.3) is 5.91 Å². The van der Waals surface area contributed by atoms with Crippen LogP contribution in [-0.2, 0) is 0 Å². The molecule has 0 aliphatic heterocycles. The second-order valence-electron chi connectivity index (χ2n) is 1.86. The monoisotopic (exact) mass is 158 g/mol. The van der Waals surface area contributed by atoms with E-state index >= 15 is 0 Å². The predicted octanol–water partition coefficient (Wildman–Crippen LogP) is 1.06. The summed E-state index contributed by atoms with van der Waals surface area (Å²) in [5, 5.41) is 3.03. The summed E-state index contributed by atoms with van der Waals surface area (Å²) in [7, 11) is 1.60. The van der Waals surface area contributed by atoms with Crippen LogP contribution in [0.1, 0.15) is 16.1 Å². The van der Waals surface area contributed by atoms with Gasteiger partial charge in [-0.3, -0.25) is 4.79 Å². The molecular weight excluding hydrogens is 148 g/mol. The third kappa shape index (κ3) is 1.33. The van der Waals surface area contributed by atoms with Crippen LogP contribution < -0.4 is 5.32 Å². The SMILES string of the molecule is CNC(=O)c1ncc(C)s1.[HH]. The van der Waals surface area contributed by atoms with Crippen molar-refractivity contribution in [2.75, 3.05) is 7.05 Å². The minimum Gasteiger partial charge on any atom is -0.353 e. The summed E-state index contributed by atoms with van der Waals surface area (Å²) in [4.78, 5) is 15.8. The van der Waals surface area contributed by atoms with E-state index < -0.39 is 0 Å². The van der Waals surface area contributed by atoms with Crippen molar-refractivity contribution >= 4 is 17.2 Å². The van der Waals surface area contributed by atoms with Crippen molar-refractivity contribution < 1.29 is 6.22 Å². The molecule has 0 spiro atoms. The lowest BCUT2D eigenvalue weighted by Gasteiger charge is -1.89. The Morgan fingerprint density at radius 1 is 1.90 bits per heavy atom. The first-order valence-corrected chi connectivity index (χ1v) is 3.70. The van der Waals surface area contributed by atoms with Crippen LogP contribution in [-0.4, -0.2) is 17.9 Å². The molecule has 0 fully saturated rings. The van der Waals surface area contributed by atoms with E-state index in [4.69, 9.17) is 0 Å². The van der Waals surface area contributed by atoms with E-state index in [2.05, 4.69) is 10.3 Å². The molecule has 4 heteroatoms. The molecule has 3 nitrogen and oxygen atoms in total. The van der Waals surface area contributed by atoms with Gasteiger partial charge in [-0.1, -0.05) is 0 Å². The molecule has 0 radical (unpaired) electrons. The van der Waals surface area contributed by atoms with E-state index in [9.17, 15) is 4.79 Å². The quantitative estimate of drug-likeness (QED) is 0.664. The summed E-state index contributed by atoms with van der Waals surface area (Å²) in [5.41, 5.74) is 0. The van der Waals surface area contributed by atoms with Gasteiger partial charge in [0, 0.05) is 19.5 Å². The van der Waals surface area contributed by atoms with Gasteiger partial charge in [-0.05, 0) is 6.92 Å². The summed E-state index contributed by atoms with van der Waals surface area (Å²) in [6.45, 7) is 1.92. The Bertz CT molecular complexity index is 248. The summed E-state index contributed by atoms with van der Waals surface area (Å²) >= 11 is 1.40. The highest BCUT2D eigenvalue weighted by molar-refractivity contribution is 7.13. The molecule has 1 amide bonds. The number of aryl methyl sites for hydroxylation is 1. The van der Waals surface area contributed by atoms with Gasteiger partial charge in [0.05, 0.1) is 0 Å². The molecule has 56 valence electrons.